The maximum Gasteiger partial charge on any atom is 0.132 e. The number of nitrogens with zero attached hydrogens (tertiary/aromatic N) is 1. The van der Waals surface area contributed by atoms with Crippen molar-refractivity contribution in [3.63, 3.8) is 0 Å². The SMILES string of the molecule is Cc1cccc(Nc2cccc(Cl)n2)c1. The molecule has 2 nitrogen and oxygen atoms in total. The lowest BCUT2D eigenvalue weighted by atomic mass is 10.2. The zero-order chi connectivity index (χ0) is 10.7. The number of anilines is 2. The summed E-state index contributed by atoms with van der Waals surface area (Å²) in [5.74, 6) is 0.758. The number of aryl methyl sites for hydroxylation is 1. The van der Waals surface area contributed by atoms with Crippen LogP contribution in [0.5, 0.6) is 0 Å². The highest BCUT2D eigenvalue weighted by Crippen LogP contribution is 2.17. The lowest BCUT2D eigenvalue weighted by Gasteiger charge is -2.05. The second-order valence-electron chi connectivity index (χ2n) is 3.34. The van der Waals surface area contributed by atoms with Crippen LogP contribution in [0.2, 0.25) is 5.15 Å². The minimum atomic E-state index is 0.493. The summed E-state index contributed by atoms with van der Waals surface area (Å²) in [5, 5.41) is 3.68. The lowest BCUT2D eigenvalue weighted by Crippen LogP contribution is -1.93. The molecule has 2 aromatic rings. The molecule has 0 fully saturated rings. The number of hydrogen-bond acceptors (Lipinski definition) is 2. The van der Waals surface area contributed by atoms with Gasteiger partial charge in [0.25, 0.3) is 0 Å². The topological polar surface area (TPSA) is 24.9 Å². The molecule has 76 valence electrons. The molecule has 15 heavy (non-hydrogen) atoms. The number of benzene rings is 1. The summed E-state index contributed by atoms with van der Waals surface area (Å²) in [6, 6.07) is 13.6. The van der Waals surface area contributed by atoms with E-state index in [2.05, 4.69) is 29.4 Å². The number of aromatic nitrogens is 1. The van der Waals surface area contributed by atoms with Crippen molar-refractivity contribution in [2.45, 2.75) is 6.92 Å². The summed E-state index contributed by atoms with van der Waals surface area (Å²) < 4.78 is 0. The number of pyridine rings is 1. The first-order valence-electron chi connectivity index (χ1n) is 4.70. The molecule has 2 rings (SSSR count). The van der Waals surface area contributed by atoms with Crippen molar-refractivity contribution in [1.82, 2.24) is 4.98 Å². The van der Waals surface area contributed by atoms with Gasteiger partial charge in [-0.2, -0.15) is 0 Å². The Kier molecular flexibility index (Phi) is 2.88. The minimum absolute atomic E-state index is 0.493. The molecular weight excluding hydrogens is 208 g/mol. The summed E-state index contributed by atoms with van der Waals surface area (Å²) in [6.45, 7) is 2.05. The predicted molar refractivity (Wildman–Crippen MR) is 63.7 cm³/mol. The van der Waals surface area contributed by atoms with Crippen LogP contribution in [0.4, 0.5) is 11.5 Å². The predicted octanol–water partition coefficient (Wildman–Crippen LogP) is 3.79. The van der Waals surface area contributed by atoms with E-state index in [1.807, 2.05) is 24.3 Å². The number of nitrogens with one attached hydrogen (secondary N) is 1. The van der Waals surface area contributed by atoms with E-state index in [1.165, 1.54) is 5.56 Å². The molecule has 0 spiro atoms. The van der Waals surface area contributed by atoms with Crippen LogP contribution in [-0.4, -0.2) is 4.98 Å². The van der Waals surface area contributed by atoms with Crippen molar-refractivity contribution in [2.75, 3.05) is 5.32 Å². The third kappa shape index (κ3) is 2.70. The van der Waals surface area contributed by atoms with Crippen molar-refractivity contribution < 1.29 is 0 Å². The number of halogens is 1. The van der Waals surface area contributed by atoms with Gasteiger partial charge in [0.15, 0.2) is 0 Å². The standard InChI is InChI=1S/C12H11ClN2/c1-9-4-2-5-10(8-9)14-12-7-3-6-11(13)15-12/h2-8H,1H3,(H,14,15). The fourth-order valence-electron chi connectivity index (χ4n) is 1.35. The highest BCUT2D eigenvalue weighted by molar-refractivity contribution is 6.29. The lowest BCUT2D eigenvalue weighted by molar-refractivity contribution is 1.30. The molecule has 0 amide bonds. The summed E-state index contributed by atoms with van der Waals surface area (Å²) in [7, 11) is 0. The Hall–Kier alpha value is -1.54. The van der Waals surface area contributed by atoms with Crippen LogP contribution in [0.3, 0.4) is 0 Å². The van der Waals surface area contributed by atoms with Crippen LogP contribution in [0.1, 0.15) is 5.56 Å². The third-order valence-electron chi connectivity index (χ3n) is 2.01. The summed E-state index contributed by atoms with van der Waals surface area (Å²) in [6.07, 6.45) is 0. The molecule has 1 heterocycles. The van der Waals surface area contributed by atoms with Gasteiger partial charge in [-0.1, -0.05) is 29.8 Å². The molecule has 0 saturated heterocycles. The molecule has 1 aromatic carbocycles. The zero-order valence-electron chi connectivity index (χ0n) is 8.37. The zero-order valence-corrected chi connectivity index (χ0v) is 9.12. The summed E-state index contributed by atoms with van der Waals surface area (Å²) >= 11 is 5.79. The van der Waals surface area contributed by atoms with Gasteiger partial charge in [0.05, 0.1) is 0 Å². The minimum Gasteiger partial charge on any atom is -0.340 e. The van der Waals surface area contributed by atoms with Crippen LogP contribution in [0.15, 0.2) is 42.5 Å². The van der Waals surface area contributed by atoms with E-state index in [4.69, 9.17) is 11.6 Å². The Morgan fingerprint density at radius 3 is 2.67 bits per heavy atom. The van der Waals surface area contributed by atoms with Crippen molar-refractivity contribution in [2.24, 2.45) is 0 Å². The van der Waals surface area contributed by atoms with Crippen LogP contribution in [0, 0.1) is 6.92 Å². The molecule has 0 unspecified atom stereocenters. The molecule has 1 N–H and O–H groups in total. The second kappa shape index (κ2) is 4.32. The first-order chi connectivity index (χ1) is 7.24. The highest BCUT2D eigenvalue weighted by atomic mass is 35.5. The van der Waals surface area contributed by atoms with Crippen LogP contribution >= 0.6 is 11.6 Å². The van der Waals surface area contributed by atoms with E-state index < -0.39 is 0 Å². The molecule has 0 bridgehead atoms. The van der Waals surface area contributed by atoms with Gasteiger partial charge >= 0.3 is 0 Å². The Morgan fingerprint density at radius 1 is 1.13 bits per heavy atom. The molecule has 0 saturated carbocycles. The van der Waals surface area contributed by atoms with E-state index in [1.54, 1.807) is 6.07 Å². The average molecular weight is 219 g/mol. The van der Waals surface area contributed by atoms with Crippen LogP contribution in [0.25, 0.3) is 0 Å². The van der Waals surface area contributed by atoms with Gasteiger partial charge in [-0.25, -0.2) is 4.98 Å². The molecule has 0 aliphatic carbocycles. The number of hydrogen-bond donors (Lipinski definition) is 1. The summed E-state index contributed by atoms with van der Waals surface area (Å²) in [4.78, 5) is 4.15. The van der Waals surface area contributed by atoms with Gasteiger partial charge in [0, 0.05) is 5.69 Å². The Morgan fingerprint density at radius 2 is 1.93 bits per heavy atom. The van der Waals surface area contributed by atoms with Gasteiger partial charge in [0.2, 0.25) is 0 Å². The normalized spacial score (nSPS) is 10.0. The molecule has 0 aliphatic heterocycles. The molecule has 0 aliphatic rings. The van der Waals surface area contributed by atoms with E-state index in [9.17, 15) is 0 Å². The molecular formula is C12H11ClN2. The van der Waals surface area contributed by atoms with Crippen molar-refractivity contribution in [3.8, 4) is 0 Å². The molecule has 0 radical (unpaired) electrons. The van der Waals surface area contributed by atoms with Gasteiger partial charge in [-0.05, 0) is 36.8 Å². The number of rotatable bonds is 2. The quantitative estimate of drug-likeness (QED) is 0.776. The Balaban J connectivity index is 2.22. The second-order valence-corrected chi connectivity index (χ2v) is 3.73. The first-order valence-corrected chi connectivity index (χ1v) is 5.08. The largest absolute Gasteiger partial charge is 0.340 e. The van der Waals surface area contributed by atoms with Crippen molar-refractivity contribution in [3.05, 3.63) is 53.2 Å². The van der Waals surface area contributed by atoms with Gasteiger partial charge in [-0.3, -0.25) is 0 Å². The molecule has 3 heteroatoms. The van der Waals surface area contributed by atoms with E-state index >= 15 is 0 Å². The van der Waals surface area contributed by atoms with Crippen molar-refractivity contribution in [1.29, 1.82) is 0 Å². The van der Waals surface area contributed by atoms with E-state index in [-0.39, 0.29) is 0 Å². The Labute approximate surface area is 93.9 Å². The van der Waals surface area contributed by atoms with E-state index in [0.717, 1.165) is 11.5 Å². The Bertz CT molecular complexity index is 425. The van der Waals surface area contributed by atoms with Crippen LogP contribution < -0.4 is 5.32 Å². The van der Waals surface area contributed by atoms with Crippen LogP contribution in [-0.2, 0) is 0 Å². The smallest absolute Gasteiger partial charge is 0.132 e. The highest BCUT2D eigenvalue weighted by Gasteiger charge is 1.96. The third-order valence-corrected chi connectivity index (χ3v) is 2.22. The van der Waals surface area contributed by atoms with Crippen molar-refractivity contribution >= 4 is 23.1 Å². The maximum absolute atomic E-state index is 5.79. The maximum atomic E-state index is 5.79. The first kappa shape index (κ1) is 9.99. The molecule has 0 atom stereocenters. The monoisotopic (exact) mass is 218 g/mol. The summed E-state index contributed by atoms with van der Waals surface area (Å²) in [5.41, 5.74) is 2.23. The fraction of sp³-hybridized carbons (Fsp3) is 0.0833. The molecule has 1 aromatic heterocycles. The average Bonchev–Trinajstić information content (AvgIpc) is 2.17. The van der Waals surface area contributed by atoms with Gasteiger partial charge < -0.3 is 5.32 Å². The fourth-order valence-corrected chi connectivity index (χ4v) is 1.51. The van der Waals surface area contributed by atoms with E-state index in [0.29, 0.717) is 5.15 Å². The van der Waals surface area contributed by atoms with Gasteiger partial charge in [-0.15, -0.1) is 0 Å². The van der Waals surface area contributed by atoms with Gasteiger partial charge in [0.1, 0.15) is 11.0 Å².